The second kappa shape index (κ2) is 2.58. The van der Waals surface area contributed by atoms with Crippen molar-refractivity contribution < 1.29 is 0 Å². The predicted molar refractivity (Wildman–Crippen MR) is 59.0 cm³/mol. The number of halogens is 1. The van der Waals surface area contributed by atoms with Crippen molar-refractivity contribution in [2.75, 3.05) is 0 Å². The molecular formula is C11H13BrN2. The lowest BCUT2D eigenvalue weighted by Crippen LogP contribution is -2.37. The zero-order chi connectivity index (χ0) is 9.81. The average molecular weight is 253 g/mol. The summed E-state index contributed by atoms with van der Waals surface area (Å²) in [6.45, 7) is 0. The van der Waals surface area contributed by atoms with Crippen molar-refractivity contribution in [3.63, 3.8) is 0 Å². The van der Waals surface area contributed by atoms with Gasteiger partial charge in [-0.15, -0.1) is 0 Å². The normalized spacial score (nSPS) is 25.9. The fourth-order valence-electron chi connectivity index (χ4n) is 2.41. The van der Waals surface area contributed by atoms with Crippen molar-refractivity contribution in [3.05, 3.63) is 28.5 Å². The van der Waals surface area contributed by atoms with E-state index in [0.717, 1.165) is 4.47 Å². The highest BCUT2D eigenvalue weighted by molar-refractivity contribution is 9.10. The molecule has 0 atom stereocenters. The third-order valence-corrected chi connectivity index (χ3v) is 4.18. The Morgan fingerprint density at radius 2 is 1.93 bits per heavy atom. The fraction of sp³-hybridized carbons (Fsp3) is 0.545. The summed E-state index contributed by atoms with van der Waals surface area (Å²) in [6.07, 6.45) is 6.66. The number of hydrogen-bond acceptors (Lipinski definition) is 2. The van der Waals surface area contributed by atoms with E-state index in [1.807, 2.05) is 6.20 Å². The topological polar surface area (TPSA) is 38.9 Å². The van der Waals surface area contributed by atoms with Crippen LogP contribution in [0.2, 0.25) is 0 Å². The summed E-state index contributed by atoms with van der Waals surface area (Å²) in [5.74, 6) is 0. The van der Waals surface area contributed by atoms with Gasteiger partial charge < -0.3 is 5.73 Å². The maximum absolute atomic E-state index is 6.31. The van der Waals surface area contributed by atoms with E-state index in [0.29, 0.717) is 0 Å². The van der Waals surface area contributed by atoms with E-state index >= 15 is 0 Å². The molecule has 2 aliphatic rings. The van der Waals surface area contributed by atoms with Crippen LogP contribution in [-0.2, 0) is 5.41 Å². The molecule has 74 valence electrons. The van der Waals surface area contributed by atoms with Gasteiger partial charge in [0.1, 0.15) is 0 Å². The molecule has 2 N–H and O–H groups in total. The first kappa shape index (κ1) is 8.86. The van der Waals surface area contributed by atoms with E-state index in [9.17, 15) is 0 Å². The van der Waals surface area contributed by atoms with E-state index in [1.54, 1.807) is 0 Å². The highest BCUT2D eigenvalue weighted by Gasteiger charge is 2.64. The summed E-state index contributed by atoms with van der Waals surface area (Å²) < 4.78 is 1.04. The van der Waals surface area contributed by atoms with Crippen molar-refractivity contribution in [2.45, 2.75) is 36.6 Å². The summed E-state index contributed by atoms with van der Waals surface area (Å²) >= 11 is 3.40. The van der Waals surface area contributed by atoms with Crippen LogP contribution in [-0.4, -0.2) is 10.5 Å². The molecule has 0 aromatic carbocycles. The summed E-state index contributed by atoms with van der Waals surface area (Å²) in [5, 5.41) is 0. The minimum Gasteiger partial charge on any atom is -0.324 e. The molecule has 2 fully saturated rings. The molecule has 0 radical (unpaired) electrons. The van der Waals surface area contributed by atoms with Crippen molar-refractivity contribution in [1.82, 2.24) is 4.98 Å². The molecule has 1 heterocycles. The number of rotatable bonds is 2. The van der Waals surface area contributed by atoms with Crippen LogP contribution in [0.1, 0.15) is 31.4 Å². The van der Waals surface area contributed by atoms with Gasteiger partial charge in [-0.2, -0.15) is 0 Å². The Balaban J connectivity index is 1.99. The van der Waals surface area contributed by atoms with Crippen molar-refractivity contribution >= 4 is 15.9 Å². The molecule has 0 spiro atoms. The molecule has 1 aromatic rings. The fourth-order valence-corrected chi connectivity index (χ4v) is 2.64. The van der Waals surface area contributed by atoms with Gasteiger partial charge in [-0.05, 0) is 53.7 Å². The molecule has 0 bridgehead atoms. The van der Waals surface area contributed by atoms with Crippen LogP contribution in [0, 0.1) is 0 Å². The summed E-state index contributed by atoms with van der Waals surface area (Å²) in [6, 6.07) is 4.18. The Kier molecular flexibility index (Phi) is 1.63. The van der Waals surface area contributed by atoms with Gasteiger partial charge in [0.25, 0.3) is 0 Å². The van der Waals surface area contributed by atoms with E-state index in [1.165, 1.54) is 31.4 Å². The molecule has 0 unspecified atom stereocenters. The van der Waals surface area contributed by atoms with E-state index < -0.39 is 0 Å². The third kappa shape index (κ3) is 1.09. The van der Waals surface area contributed by atoms with Gasteiger partial charge in [-0.3, -0.25) is 4.98 Å². The summed E-state index contributed by atoms with van der Waals surface area (Å²) in [4.78, 5) is 4.49. The molecule has 14 heavy (non-hydrogen) atoms. The standard InChI is InChI=1S/C11H13BrN2/c12-8-1-2-9(14-7-8)10(3-4-10)11(13)5-6-11/h1-2,7H,3-6,13H2. The van der Waals surface area contributed by atoms with Crippen molar-refractivity contribution in [1.29, 1.82) is 0 Å². The van der Waals surface area contributed by atoms with Gasteiger partial charge in [0.05, 0.1) is 0 Å². The molecule has 3 rings (SSSR count). The quantitative estimate of drug-likeness (QED) is 0.878. The van der Waals surface area contributed by atoms with Crippen LogP contribution in [0.5, 0.6) is 0 Å². The van der Waals surface area contributed by atoms with Crippen molar-refractivity contribution in [2.24, 2.45) is 5.73 Å². The average Bonchev–Trinajstić information content (AvgIpc) is 3.01. The minimum absolute atomic E-state index is 0.0772. The summed E-state index contributed by atoms with van der Waals surface area (Å²) in [7, 11) is 0. The first-order chi connectivity index (χ1) is 6.66. The van der Waals surface area contributed by atoms with E-state index in [-0.39, 0.29) is 11.0 Å². The highest BCUT2D eigenvalue weighted by Crippen LogP contribution is 2.63. The first-order valence-electron chi connectivity index (χ1n) is 5.07. The Morgan fingerprint density at radius 1 is 1.21 bits per heavy atom. The van der Waals surface area contributed by atoms with Crippen LogP contribution >= 0.6 is 15.9 Å². The van der Waals surface area contributed by atoms with Crippen molar-refractivity contribution in [3.8, 4) is 0 Å². The van der Waals surface area contributed by atoms with Crippen LogP contribution in [0.15, 0.2) is 22.8 Å². The van der Waals surface area contributed by atoms with Gasteiger partial charge >= 0.3 is 0 Å². The second-order valence-corrected chi connectivity index (χ2v) is 5.52. The smallest absolute Gasteiger partial charge is 0.0484 e. The van der Waals surface area contributed by atoms with Gasteiger partial charge in [-0.1, -0.05) is 0 Å². The number of pyridine rings is 1. The SMILES string of the molecule is NC1(C2(c3ccc(Br)cn3)CC2)CC1. The van der Waals surface area contributed by atoms with Crippen LogP contribution in [0.3, 0.4) is 0 Å². The molecular weight excluding hydrogens is 240 g/mol. The molecule has 2 saturated carbocycles. The first-order valence-corrected chi connectivity index (χ1v) is 5.87. The van der Waals surface area contributed by atoms with E-state index in [4.69, 9.17) is 5.73 Å². The molecule has 1 aromatic heterocycles. The van der Waals surface area contributed by atoms with Gasteiger partial charge in [0.15, 0.2) is 0 Å². The monoisotopic (exact) mass is 252 g/mol. The second-order valence-electron chi connectivity index (χ2n) is 4.60. The van der Waals surface area contributed by atoms with Crippen LogP contribution in [0.4, 0.5) is 0 Å². The molecule has 0 saturated heterocycles. The largest absolute Gasteiger partial charge is 0.324 e. The zero-order valence-corrected chi connectivity index (χ0v) is 9.55. The maximum atomic E-state index is 6.31. The lowest BCUT2D eigenvalue weighted by atomic mass is 9.90. The minimum atomic E-state index is 0.0772. The summed E-state index contributed by atoms with van der Waals surface area (Å²) in [5.41, 5.74) is 7.81. The Hall–Kier alpha value is -0.410. The number of nitrogens with zero attached hydrogens (tertiary/aromatic N) is 1. The van der Waals surface area contributed by atoms with Crippen LogP contribution in [0.25, 0.3) is 0 Å². The Labute approximate surface area is 92.0 Å². The maximum Gasteiger partial charge on any atom is 0.0484 e. The lowest BCUT2D eigenvalue weighted by Gasteiger charge is -2.21. The Bertz CT molecular complexity index is 363. The lowest BCUT2D eigenvalue weighted by molar-refractivity contribution is 0.491. The zero-order valence-electron chi connectivity index (χ0n) is 7.96. The Morgan fingerprint density at radius 3 is 2.36 bits per heavy atom. The number of hydrogen-bond donors (Lipinski definition) is 1. The van der Waals surface area contributed by atoms with Gasteiger partial charge in [0, 0.05) is 27.3 Å². The number of aromatic nitrogens is 1. The molecule has 2 nitrogen and oxygen atoms in total. The van der Waals surface area contributed by atoms with Crippen LogP contribution < -0.4 is 5.73 Å². The third-order valence-electron chi connectivity index (χ3n) is 3.71. The predicted octanol–water partition coefficient (Wildman–Crippen LogP) is 2.37. The molecule has 3 heteroatoms. The van der Waals surface area contributed by atoms with E-state index in [2.05, 4.69) is 33.0 Å². The number of nitrogens with two attached hydrogens (primary N) is 1. The molecule has 0 aliphatic heterocycles. The van der Waals surface area contributed by atoms with Gasteiger partial charge in [0.2, 0.25) is 0 Å². The highest BCUT2D eigenvalue weighted by atomic mass is 79.9. The van der Waals surface area contributed by atoms with Gasteiger partial charge in [-0.25, -0.2) is 0 Å². The molecule has 2 aliphatic carbocycles. The molecule has 0 amide bonds.